The van der Waals surface area contributed by atoms with Gasteiger partial charge in [0.05, 0.1) is 6.54 Å². The van der Waals surface area contributed by atoms with E-state index in [2.05, 4.69) is 10.6 Å². The molecular weight excluding hydrogens is 347 g/mol. The molecule has 0 spiro atoms. The fraction of sp³-hybridized carbons (Fsp3) is 0.286. The van der Waals surface area contributed by atoms with E-state index in [9.17, 15) is 18.8 Å². The molecule has 0 aliphatic rings. The first-order chi connectivity index (χ1) is 12.8. The lowest BCUT2D eigenvalue weighted by Gasteiger charge is -2.13. The molecule has 142 valence electrons. The minimum Gasteiger partial charge on any atom is -0.347 e. The second-order valence-corrected chi connectivity index (χ2v) is 6.53. The van der Waals surface area contributed by atoms with Crippen LogP contribution in [0.3, 0.4) is 0 Å². The quantitative estimate of drug-likeness (QED) is 0.733. The van der Waals surface area contributed by atoms with Gasteiger partial charge < -0.3 is 10.6 Å². The number of ketones is 1. The fourth-order valence-corrected chi connectivity index (χ4v) is 2.84. The second kappa shape index (κ2) is 9.07. The molecule has 6 heteroatoms. The van der Waals surface area contributed by atoms with Crippen molar-refractivity contribution in [2.75, 3.05) is 11.9 Å². The Hall–Kier alpha value is -3.02. The van der Waals surface area contributed by atoms with E-state index in [0.29, 0.717) is 5.56 Å². The lowest BCUT2D eigenvalue weighted by atomic mass is 10.1. The Kier molecular flexibility index (Phi) is 6.82. The van der Waals surface area contributed by atoms with Crippen LogP contribution in [0, 0.1) is 26.6 Å². The number of halogens is 1. The maximum atomic E-state index is 12.9. The SMILES string of the molecule is Cc1cc(C)c(NC(=O)CNC(=O)CCC(=O)c2ccc(F)cc2)c(C)c1. The predicted octanol–water partition coefficient (Wildman–Crippen LogP) is 3.47. The van der Waals surface area contributed by atoms with Crippen molar-refractivity contribution in [2.24, 2.45) is 0 Å². The number of rotatable bonds is 7. The van der Waals surface area contributed by atoms with Gasteiger partial charge in [-0.25, -0.2) is 4.39 Å². The highest BCUT2D eigenvalue weighted by molar-refractivity contribution is 5.99. The Labute approximate surface area is 158 Å². The monoisotopic (exact) mass is 370 g/mol. The van der Waals surface area contributed by atoms with Crippen LogP contribution < -0.4 is 10.6 Å². The van der Waals surface area contributed by atoms with Crippen molar-refractivity contribution in [1.82, 2.24) is 5.32 Å². The Morgan fingerprint density at radius 3 is 2.07 bits per heavy atom. The molecule has 2 amide bonds. The van der Waals surface area contributed by atoms with E-state index in [-0.39, 0.29) is 31.1 Å². The number of hydrogen-bond donors (Lipinski definition) is 2. The molecule has 0 saturated carbocycles. The van der Waals surface area contributed by atoms with Crippen LogP contribution >= 0.6 is 0 Å². The maximum Gasteiger partial charge on any atom is 0.243 e. The van der Waals surface area contributed by atoms with Crippen LogP contribution in [0.4, 0.5) is 10.1 Å². The standard InChI is InChI=1S/C21H23FN2O3/c1-13-10-14(2)21(15(3)11-13)24-20(27)12-23-19(26)9-8-18(25)16-4-6-17(22)7-5-16/h4-7,10-11H,8-9,12H2,1-3H3,(H,23,26)(H,24,27). The lowest BCUT2D eigenvalue weighted by Crippen LogP contribution is -2.33. The molecule has 2 aromatic carbocycles. The average Bonchev–Trinajstić information content (AvgIpc) is 2.61. The zero-order valence-corrected chi connectivity index (χ0v) is 15.7. The molecule has 0 aliphatic carbocycles. The largest absolute Gasteiger partial charge is 0.347 e. The van der Waals surface area contributed by atoms with Crippen LogP contribution in [0.25, 0.3) is 0 Å². The van der Waals surface area contributed by atoms with Gasteiger partial charge in [-0.15, -0.1) is 0 Å². The summed E-state index contributed by atoms with van der Waals surface area (Å²) in [5, 5.41) is 5.31. The van der Waals surface area contributed by atoms with Crippen molar-refractivity contribution in [3.05, 3.63) is 64.5 Å². The smallest absolute Gasteiger partial charge is 0.243 e. The molecule has 2 N–H and O–H groups in total. The molecule has 2 rings (SSSR count). The number of aryl methyl sites for hydroxylation is 3. The van der Waals surface area contributed by atoms with Gasteiger partial charge in [0.2, 0.25) is 11.8 Å². The normalized spacial score (nSPS) is 10.4. The minimum absolute atomic E-state index is 0.00470. The van der Waals surface area contributed by atoms with Crippen molar-refractivity contribution in [1.29, 1.82) is 0 Å². The Bertz CT molecular complexity index is 837. The molecule has 0 unspecified atom stereocenters. The third kappa shape index (κ3) is 6.02. The summed E-state index contributed by atoms with van der Waals surface area (Å²) in [7, 11) is 0. The van der Waals surface area contributed by atoms with Crippen molar-refractivity contribution < 1.29 is 18.8 Å². The maximum absolute atomic E-state index is 12.9. The Morgan fingerprint density at radius 1 is 0.889 bits per heavy atom. The van der Waals surface area contributed by atoms with E-state index in [1.54, 1.807) is 0 Å². The molecule has 0 aromatic heterocycles. The van der Waals surface area contributed by atoms with Gasteiger partial charge in [-0.1, -0.05) is 17.7 Å². The number of hydrogen-bond acceptors (Lipinski definition) is 3. The van der Waals surface area contributed by atoms with Gasteiger partial charge in [0.1, 0.15) is 5.82 Å². The summed E-state index contributed by atoms with van der Waals surface area (Å²) >= 11 is 0. The number of carbonyl (C=O) groups is 3. The van der Waals surface area contributed by atoms with E-state index < -0.39 is 11.7 Å². The molecule has 0 atom stereocenters. The minimum atomic E-state index is -0.422. The van der Waals surface area contributed by atoms with Gasteiger partial charge in [-0.2, -0.15) is 0 Å². The topological polar surface area (TPSA) is 75.3 Å². The van der Waals surface area contributed by atoms with E-state index in [4.69, 9.17) is 0 Å². The molecule has 27 heavy (non-hydrogen) atoms. The van der Waals surface area contributed by atoms with E-state index in [0.717, 1.165) is 22.4 Å². The number of nitrogens with one attached hydrogen (secondary N) is 2. The molecule has 0 saturated heterocycles. The number of anilines is 1. The number of amides is 2. The Morgan fingerprint density at radius 2 is 1.48 bits per heavy atom. The van der Waals surface area contributed by atoms with Crippen LogP contribution in [0.5, 0.6) is 0 Å². The van der Waals surface area contributed by atoms with Crippen LogP contribution in [-0.4, -0.2) is 24.1 Å². The fourth-order valence-electron chi connectivity index (χ4n) is 2.84. The van der Waals surface area contributed by atoms with Crippen molar-refractivity contribution in [2.45, 2.75) is 33.6 Å². The molecule has 5 nitrogen and oxygen atoms in total. The van der Waals surface area contributed by atoms with Crippen LogP contribution in [0.15, 0.2) is 36.4 Å². The highest BCUT2D eigenvalue weighted by Gasteiger charge is 2.12. The van der Waals surface area contributed by atoms with Gasteiger partial charge in [0.25, 0.3) is 0 Å². The third-order valence-corrected chi connectivity index (χ3v) is 4.13. The van der Waals surface area contributed by atoms with E-state index in [1.807, 2.05) is 32.9 Å². The number of carbonyl (C=O) groups excluding carboxylic acids is 3. The number of Topliss-reactive ketones (excluding diaryl/α,β-unsaturated/α-hetero) is 1. The molecular formula is C21H23FN2O3. The summed E-state index contributed by atoms with van der Waals surface area (Å²) < 4.78 is 12.9. The first kappa shape index (κ1) is 20.3. The number of benzene rings is 2. The zero-order valence-electron chi connectivity index (χ0n) is 15.7. The molecule has 0 bridgehead atoms. The third-order valence-electron chi connectivity index (χ3n) is 4.13. The summed E-state index contributed by atoms with van der Waals surface area (Å²) in [5.74, 6) is -1.39. The van der Waals surface area contributed by atoms with Gasteiger partial charge in [-0.05, 0) is 56.2 Å². The molecule has 0 fully saturated rings. The second-order valence-electron chi connectivity index (χ2n) is 6.53. The summed E-state index contributed by atoms with van der Waals surface area (Å²) in [4.78, 5) is 35.9. The summed E-state index contributed by atoms with van der Waals surface area (Å²) in [6.07, 6.45) is -0.0403. The highest BCUT2D eigenvalue weighted by atomic mass is 19.1. The molecule has 2 aromatic rings. The lowest BCUT2D eigenvalue weighted by molar-refractivity contribution is -0.124. The van der Waals surface area contributed by atoms with E-state index in [1.165, 1.54) is 24.3 Å². The highest BCUT2D eigenvalue weighted by Crippen LogP contribution is 2.21. The Balaban J connectivity index is 1.79. The van der Waals surface area contributed by atoms with Gasteiger partial charge in [0.15, 0.2) is 5.78 Å². The van der Waals surface area contributed by atoms with Crippen LogP contribution in [0.1, 0.15) is 39.9 Å². The summed E-state index contributed by atoms with van der Waals surface area (Å²) in [5.41, 5.74) is 4.12. The zero-order chi connectivity index (χ0) is 20.0. The first-order valence-corrected chi connectivity index (χ1v) is 8.69. The van der Waals surface area contributed by atoms with Gasteiger partial charge in [0, 0.05) is 24.1 Å². The predicted molar refractivity (Wildman–Crippen MR) is 102 cm³/mol. The van der Waals surface area contributed by atoms with E-state index >= 15 is 0 Å². The average molecular weight is 370 g/mol. The first-order valence-electron chi connectivity index (χ1n) is 8.69. The molecule has 0 heterocycles. The summed E-state index contributed by atoms with van der Waals surface area (Å²) in [6.45, 7) is 5.64. The van der Waals surface area contributed by atoms with Crippen molar-refractivity contribution >= 4 is 23.3 Å². The van der Waals surface area contributed by atoms with Gasteiger partial charge >= 0.3 is 0 Å². The van der Waals surface area contributed by atoms with Crippen molar-refractivity contribution in [3.8, 4) is 0 Å². The molecule has 0 radical (unpaired) electrons. The van der Waals surface area contributed by atoms with Crippen molar-refractivity contribution in [3.63, 3.8) is 0 Å². The molecule has 0 aliphatic heterocycles. The summed E-state index contributed by atoms with van der Waals surface area (Å²) in [6, 6.07) is 9.12. The van der Waals surface area contributed by atoms with Crippen LogP contribution in [-0.2, 0) is 9.59 Å². The van der Waals surface area contributed by atoms with Crippen LogP contribution in [0.2, 0.25) is 0 Å². The van der Waals surface area contributed by atoms with Gasteiger partial charge in [-0.3, -0.25) is 14.4 Å².